The molecule has 1 saturated heterocycles. The lowest BCUT2D eigenvalue weighted by Gasteiger charge is -2.35. The van der Waals surface area contributed by atoms with Gasteiger partial charge in [0.2, 0.25) is 0 Å². The standard InChI is InChI=1S/C18H21N5O2/c24-16-18(22-17(25)21-16)8-6-15(7-9-18)20-14-4-2-13(3-5-14)12-23-11-1-10-19-23/h1-5,10-11,15,20H,6-9,12H2,(H2,21,22,24,25). The zero-order valence-corrected chi connectivity index (χ0v) is 13.9. The number of rotatable bonds is 4. The van der Waals surface area contributed by atoms with Crippen LogP contribution >= 0.6 is 0 Å². The van der Waals surface area contributed by atoms with Crippen LogP contribution in [0, 0.1) is 0 Å². The number of aromatic nitrogens is 2. The summed E-state index contributed by atoms with van der Waals surface area (Å²) in [5.41, 5.74) is 1.58. The maximum atomic E-state index is 12.0. The van der Waals surface area contributed by atoms with Gasteiger partial charge in [-0.05, 0) is 49.4 Å². The molecule has 2 aliphatic rings. The van der Waals surface area contributed by atoms with Gasteiger partial charge in [0.1, 0.15) is 5.54 Å². The van der Waals surface area contributed by atoms with Crippen molar-refractivity contribution in [1.82, 2.24) is 20.4 Å². The Balaban J connectivity index is 1.33. The van der Waals surface area contributed by atoms with E-state index in [2.05, 4.69) is 45.3 Å². The van der Waals surface area contributed by atoms with Crippen molar-refractivity contribution in [3.05, 3.63) is 48.3 Å². The summed E-state index contributed by atoms with van der Waals surface area (Å²) in [6.07, 6.45) is 6.76. The summed E-state index contributed by atoms with van der Waals surface area (Å²) < 4.78 is 1.89. The Bertz CT molecular complexity index is 761. The smallest absolute Gasteiger partial charge is 0.322 e. The maximum absolute atomic E-state index is 12.0. The quantitative estimate of drug-likeness (QED) is 0.742. The number of carbonyl (C=O) groups is 2. The highest BCUT2D eigenvalue weighted by atomic mass is 16.2. The number of benzene rings is 1. The first-order chi connectivity index (χ1) is 12.1. The highest BCUT2D eigenvalue weighted by Gasteiger charge is 2.47. The van der Waals surface area contributed by atoms with Crippen molar-refractivity contribution in [2.45, 2.75) is 43.8 Å². The Hall–Kier alpha value is -2.83. The second-order valence-corrected chi connectivity index (χ2v) is 6.81. The molecule has 1 saturated carbocycles. The monoisotopic (exact) mass is 339 g/mol. The average molecular weight is 339 g/mol. The first-order valence-electron chi connectivity index (χ1n) is 8.59. The Morgan fingerprint density at radius 2 is 1.96 bits per heavy atom. The van der Waals surface area contributed by atoms with E-state index in [9.17, 15) is 9.59 Å². The summed E-state index contributed by atoms with van der Waals surface area (Å²) in [7, 11) is 0. The summed E-state index contributed by atoms with van der Waals surface area (Å²) >= 11 is 0. The van der Waals surface area contributed by atoms with Gasteiger partial charge >= 0.3 is 6.03 Å². The maximum Gasteiger partial charge on any atom is 0.322 e. The van der Waals surface area contributed by atoms with Crippen LogP contribution < -0.4 is 16.0 Å². The lowest BCUT2D eigenvalue weighted by atomic mass is 9.79. The van der Waals surface area contributed by atoms with E-state index in [0.29, 0.717) is 18.9 Å². The molecule has 1 aliphatic heterocycles. The second-order valence-electron chi connectivity index (χ2n) is 6.81. The fraction of sp³-hybridized carbons (Fsp3) is 0.389. The van der Waals surface area contributed by atoms with Crippen molar-refractivity contribution in [1.29, 1.82) is 0 Å². The molecule has 7 heteroatoms. The van der Waals surface area contributed by atoms with Crippen LogP contribution in [0.4, 0.5) is 10.5 Å². The van der Waals surface area contributed by atoms with Crippen LogP contribution in [0.3, 0.4) is 0 Å². The summed E-state index contributed by atoms with van der Waals surface area (Å²) in [5.74, 6) is -0.182. The fourth-order valence-corrected chi connectivity index (χ4v) is 3.66. The van der Waals surface area contributed by atoms with Crippen LogP contribution in [0.15, 0.2) is 42.7 Å². The molecule has 25 heavy (non-hydrogen) atoms. The molecular weight excluding hydrogens is 318 g/mol. The van der Waals surface area contributed by atoms with Crippen molar-refractivity contribution in [3.8, 4) is 0 Å². The number of urea groups is 1. The zero-order chi connectivity index (χ0) is 17.3. The predicted octanol–water partition coefficient (Wildman–Crippen LogP) is 1.86. The minimum absolute atomic E-state index is 0.182. The Labute approximate surface area is 145 Å². The van der Waals surface area contributed by atoms with E-state index < -0.39 is 5.54 Å². The molecule has 130 valence electrons. The normalized spacial score (nSPS) is 25.7. The summed E-state index contributed by atoms with van der Waals surface area (Å²) in [5, 5.41) is 12.9. The van der Waals surface area contributed by atoms with E-state index in [4.69, 9.17) is 0 Å². The number of nitrogens with zero attached hydrogens (tertiary/aromatic N) is 2. The van der Waals surface area contributed by atoms with E-state index >= 15 is 0 Å². The highest BCUT2D eigenvalue weighted by Crippen LogP contribution is 2.32. The molecular formula is C18H21N5O2. The third-order valence-electron chi connectivity index (χ3n) is 5.08. The SMILES string of the molecule is O=C1NC(=O)C2(CCC(Nc3ccc(Cn4cccn4)cc3)CC2)N1. The topological polar surface area (TPSA) is 88.1 Å². The molecule has 3 amide bonds. The lowest BCUT2D eigenvalue weighted by molar-refractivity contribution is -0.125. The molecule has 1 aliphatic carbocycles. The summed E-state index contributed by atoms with van der Waals surface area (Å²) in [6, 6.07) is 10.2. The third-order valence-corrected chi connectivity index (χ3v) is 5.08. The van der Waals surface area contributed by atoms with Gasteiger partial charge in [-0.25, -0.2) is 4.79 Å². The first-order valence-corrected chi connectivity index (χ1v) is 8.59. The number of hydrogen-bond donors (Lipinski definition) is 3. The average Bonchev–Trinajstić information content (AvgIpc) is 3.20. The van der Waals surface area contributed by atoms with Gasteiger partial charge in [0.05, 0.1) is 6.54 Å². The molecule has 1 aromatic heterocycles. The van der Waals surface area contributed by atoms with Gasteiger partial charge in [0.15, 0.2) is 0 Å². The largest absolute Gasteiger partial charge is 0.382 e. The molecule has 0 unspecified atom stereocenters. The van der Waals surface area contributed by atoms with Gasteiger partial charge in [-0.3, -0.25) is 14.8 Å². The molecule has 2 heterocycles. The number of nitrogens with one attached hydrogen (secondary N) is 3. The number of imide groups is 1. The van der Waals surface area contributed by atoms with E-state index in [1.165, 1.54) is 5.56 Å². The van der Waals surface area contributed by atoms with Crippen LogP contribution in [-0.2, 0) is 11.3 Å². The molecule has 7 nitrogen and oxygen atoms in total. The van der Waals surface area contributed by atoms with Crippen molar-refractivity contribution in [2.24, 2.45) is 0 Å². The zero-order valence-electron chi connectivity index (χ0n) is 13.9. The predicted molar refractivity (Wildman–Crippen MR) is 93.1 cm³/mol. The lowest BCUT2D eigenvalue weighted by Crippen LogP contribution is -2.51. The number of carbonyl (C=O) groups excluding carboxylic acids is 2. The molecule has 0 atom stereocenters. The first kappa shape index (κ1) is 15.7. The van der Waals surface area contributed by atoms with Gasteiger partial charge < -0.3 is 10.6 Å². The summed E-state index contributed by atoms with van der Waals surface area (Å²) in [4.78, 5) is 23.4. The van der Waals surface area contributed by atoms with Crippen molar-refractivity contribution in [3.63, 3.8) is 0 Å². The third kappa shape index (κ3) is 3.22. The van der Waals surface area contributed by atoms with Crippen molar-refractivity contribution < 1.29 is 9.59 Å². The summed E-state index contributed by atoms with van der Waals surface area (Å²) in [6.45, 7) is 0.758. The van der Waals surface area contributed by atoms with Crippen LogP contribution in [0.5, 0.6) is 0 Å². The molecule has 2 aromatic rings. The van der Waals surface area contributed by atoms with Crippen LogP contribution in [0.25, 0.3) is 0 Å². The number of amides is 3. The second kappa shape index (κ2) is 6.23. The minimum Gasteiger partial charge on any atom is -0.382 e. The van der Waals surface area contributed by atoms with E-state index in [1.807, 2.05) is 16.9 Å². The molecule has 4 rings (SSSR count). The Kier molecular flexibility index (Phi) is 3.91. The van der Waals surface area contributed by atoms with Crippen LogP contribution in [-0.4, -0.2) is 33.3 Å². The van der Waals surface area contributed by atoms with E-state index in [1.54, 1.807) is 6.20 Å². The van der Waals surface area contributed by atoms with Gasteiger partial charge in [-0.15, -0.1) is 0 Å². The van der Waals surface area contributed by atoms with Crippen LogP contribution in [0.1, 0.15) is 31.2 Å². The van der Waals surface area contributed by atoms with Crippen LogP contribution in [0.2, 0.25) is 0 Å². The number of anilines is 1. The fourth-order valence-electron chi connectivity index (χ4n) is 3.66. The molecule has 2 fully saturated rings. The van der Waals surface area contributed by atoms with Gasteiger partial charge in [-0.1, -0.05) is 12.1 Å². The van der Waals surface area contributed by atoms with Gasteiger partial charge in [0.25, 0.3) is 5.91 Å². The number of hydrogen-bond acceptors (Lipinski definition) is 4. The molecule has 1 spiro atoms. The molecule has 0 radical (unpaired) electrons. The van der Waals surface area contributed by atoms with Crippen molar-refractivity contribution in [2.75, 3.05) is 5.32 Å². The van der Waals surface area contributed by atoms with Crippen molar-refractivity contribution >= 4 is 17.6 Å². The molecule has 1 aromatic carbocycles. The highest BCUT2D eigenvalue weighted by molar-refractivity contribution is 6.07. The van der Waals surface area contributed by atoms with Gasteiger partial charge in [-0.2, -0.15) is 5.10 Å². The minimum atomic E-state index is -0.692. The Morgan fingerprint density at radius 3 is 2.56 bits per heavy atom. The molecule has 3 N–H and O–H groups in total. The Morgan fingerprint density at radius 1 is 1.20 bits per heavy atom. The molecule has 0 bridgehead atoms. The van der Waals surface area contributed by atoms with E-state index in [-0.39, 0.29) is 11.9 Å². The van der Waals surface area contributed by atoms with E-state index in [0.717, 1.165) is 25.1 Å². The van der Waals surface area contributed by atoms with Gasteiger partial charge in [0, 0.05) is 24.1 Å².